The quantitative estimate of drug-likeness (QED) is 0.695. The summed E-state index contributed by atoms with van der Waals surface area (Å²) in [6.45, 7) is 2.38. The third-order valence-corrected chi connectivity index (χ3v) is 7.94. The Morgan fingerprint density at radius 2 is 1.87 bits per heavy atom. The summed E-state index contributed by atoms with van der Waals surface area (Å²) in [6.07, 6.45) is 8.16. The normalized spacial score (nSPS) is 18.1. The molecule has 1 fully saturated rings. The van der Waals surface area contributed by atoms with E-state index in [4.69, 9.17) is 4.42 Å². The Kier molecular flexibility index (Phi) is 6.58. The molecular weight excluding hydrogens is 400 g/mol. The zero-order chi connectivity index (χ0) is 21.0. The monoisotopic (exact) mass is 430 g/mol. The molecule has 1 aromatic carbocycles. The Bertz CT molecular complexity index is 963. The van der Waals surface area contributed by atoms with Crippen LogP contribution in [-0.4, -0.2) is 44.6 Å². The number of carbonyl (C=O) groups excluding carboxylic acids is 1. The lowest BCUT2D eigenvalue weighted by atomic mass is 10.1. The zero-order valence-electron chi connectivity index (χ0n) is 17.3. The molecule has 1 aliphatic heterocycles. The number of benzene rings is 1. The molecule has 2 aromatic rings. The third-order valence-electron chi connectivity index (χ3n) is 6.22. The number of nitrogens with zero attached hydrogens (tertiary/aromatic N) is 1. The van der Waals surface area contributed by atoms with Crippen molar-refractivity contribution in [2.75, 3.05) is 25.4 Å². The van der Waals surface area contributed by atoms with E-state index in [2.05, 4.69) is 10.2 Å². The van der Waals surface area contributed by atoms with Gasteiger partial charge in [0, 0.05) is 13.0 Å². The first-order valence-corrected chi connectivity index (χ1v) is 12.6. The Balaban J connectivity index is 1.33. The van der Waals surface area contributed by atoms with E-state index in [0.29, 0.717) is 11.4 Å². The molecule has 1 N–H and O–H groups in total. The molecule has 162 valence electrons. The van der Waals surface area contributed by atoms with Gasteiger partial charge in [-0.3, -0.25) is 9.69 Å². The van der Waals surface area contributed by atoms with E-state index in [1.165, 1.54) is 12.0 Å². The van der Waals surface area contributed by atoms with Gasteiger partial charge in [0.25, 0.3) is 0 Å². The molecule has 0 saturated carbocycles. The second-order valence-electron chi connectivity index (χ2n) is 8.28. The molecule has 2 aliphatic rings. The highest BCUT2D eigenvalue weighted by Crippen LogP contribution is 2.26. The van der Waals surface area contributed by atoms with Crippen LogP contribution in [0.2, 0.25) is 0 Å². The summed E-state index contributed by atoms with van der Waals surface area (Å²) < 4.78 is 31.0. The number of rotatable bonds is 8. The minimum Gasteiger partial charge on any atom is -0.468 e. The number of piperidine rings is 1. The number of amides is 1. The van der Waals surface area contributed by atoms with Crippen molar-refractivity contribution in [1.29, 1.82) is 0 Å². The van der Waals surface area contributed by atoms with Crippen LogP contribution in [0.25, 0.3) is 0 Å². The van der Waals surface area contributed by atoms with Crippen molar-refractivity contribution >= 4 is 15.7 Å². The van der Waals surface area contributed by atoms with Gasteiger partial charge in [-0.05, 0) is 80.6 Å². The van der Waals surface area contributed by atoms with Crippen LogP contribution in [0.4, 0.5) is 0 Å². The molecule has 7 heteroatoms. The average Bonchev–Trinajstić information content (AvgIpc) is 3.45. The molecule has 0 spiro atoms. The number of aryl methyl sites for hydroxylation is 2. The van der Waals surface area contributed by atoms with Gasteiger partial charge >= 0.3 is 0 Å². The second kappa shape index (κ2) is 9.35. The first kappa shape index (κ1) is 21.1. The summed E-state index contributed by atoms with van der Waals surface area (Å²) in [5, 5.41) is 2.93. The van der Waals surface area contributed by atoms with E-state index in [1.807, 2.05) is 18.2 Å². The Morgan fingerprint density at radius 3 is 2.63 bits per heavy atom. The van der Waals surface area contributed by atoms with Crippen LogP contribution in [0.15, 0.2) is 45.9 Å². The van der Waals surface area contributed by atoms with Crippen LogP contribution in [-0.2, 0) is 27.5 Å². The fourth-order valence-corrected chi connectivity index (χ4v) is 5.79. The van der Waals surface area contributed by atoms with Gasteiger partial charge < -0.3 is 9.73 Å². The molecule has 6 nitrogen and oxygen atoms in total. The van der Waals surface area contributed by atoms with E-state index in [9.17, 15) is 13.2 Å². The molecule has 1 aliphatic carbocycles. The van der Waals surface area contributed by atoms with Crippen LogP contribution >= 0.6 is 0 Å². The highest BCUT2D eigenvalue weighted by Gasteiger charge is 2.25. The van der Waals surface area contributed by atoms with Crippen LogP contribution < -0.4 is 5.32 Å². The summed E-state index contributed by atoms with van der Waals surface area (Å²) >= 11 is 0. The summed E-state index contributed by atoms with van der Waals surface area (Å²) in [5.74, 6) is 0.420. The van der Waals surface area contributed by atoms with Crippen LogP contribution in [0.3, 0.4) is 0 Å². The maximum Gasteiger partial charge on any atom is 0.221 e. The summed E-state index contributed by atoms with van der Waals surface area (Å²) in [4.78, 5) is 15.1. The Labute approximate surface area is 178 Å². The molecule has 1 unspecified atom stereocenters. The topological polar surface area (TPSA) is 79.6 Å². The minimum atomic E-state index is -3.47. The highest BCUT2D eigenvalue weighted by molar-refractivity contribution is 7.91. The van der Waals surface area contributed by atoms with Gasteiger partial charge in [-0.15, -0.1) is 0 Å². The van der Waals surface area contributed by atoms with Crippen molar-refractivity contribution in [2.24, 2.45) is 0 Å². The average molecular weight is 431 g/mol. The van der Waals surface area contributed by atoms with Gasteiger partial charge in [-0.2, -0.15) is 0 Å². The molecule has 30 heavy (non-hydrogen) atoms. The molecule has 2 heterocycles. The lowest BCUT2D eigenvalue weighted by molar-refractivity contribution is -0.121. The van der Waals surface area contributed by atoms with Crippen molar-refractivity contribution in [3.63, 3.8) is 0 Å². The second-order valence-corrected chi connectivity index (χ2v) is 10.4. The number of hydrogen-bond acceptors (Lipinski definition) is 5. The number of fused-ring (bicyclic) bond motifs is 1. The first-order valence-electron chi connectivity index (χ1n) is 10.9. The largest absolute Gasteiger partial charge is 0.468 e. The SMILES string of the molecule is O=C(CCS(=O)(=O)c1ccc2c(c1)CCC2)NCC(c1ccco1)N1CCCCC1. The van der Waals surface area contributed by atoms with E-state index in [0.717, 1.165) is 56.5 Å². The van der Waals surface area contributed by atoms with Crippen LogP contribution in [0.1, 0.15) is 55.0 Å². The van der Waals surface area contributed by atoms with E-state index in [-0.39, 0.29) is 24.1 Å². The molecule has 0 radical (unpaired) electrons. The van der Waals surface area contributed by atoms with Crippen molar-refractivity contribution in [3.8, 4) is 0 Å². The number of nitrogens with one attached hydrogen (secondary N) is 1. The van der Waals surface area contributed by atoms with Gasteiger partial charge in [0.1, 0.15) is 5.76 Å². The summed E-state index contributed by atoms with van der Waals surface area (Å²) in [7, 11) is -3.47. The number of likely N-dealkylation sites (tertiary alicyclic amines) is 1. The fourth-order valence-electron chi connectivity index (χ4n) is 4.51. The first-order chi connectivity index (χ1) is 14.5. The molecule has 1 saturated heterocycles. The van der Waals surface area contributed by atoms with Gasteiger partial charge in [-0.1, -0.05) is 12.5 Å². The number of furan rings is 1. The van der Waals surface area contributed by atoms with Crippen LogP contribution in [0, 0.1) is 0 Å². The number of sulfone groups is 1. The van der Waals surface area contributed by atoms with E-state index in [1.54, 1.807) is 18.4 Å². The number of carbonyl (C=O) groups is 1. The van der Waals surface area contributed by atoms with Gasteiger partial charge in [0.15, 0.2) is 9.84 Å². The zero-order valence-corrected chi connectivity index (χ0v) is 18.1. The fraction of sp³-hybridized carbons (Fsp3) is 0.522. The minimum absolute atomic E-state index is 0.0161. The molecule has 1 amide bonds. The number of hydrogen-bond donors (Lipinski definition) is 1. The van der Waals surface area contributed by atoms with Crippen molar-refractivity contribution in [1.82, 2.24) is 10.2 Å². The molecule has 0 bridgehead atoms. The standard InChI is InChI=1S/C23H30N2O4S/c26-23(11-15-30(27,28)20-10-9-18-6-4-7-19(18)16-20)24-17-21(22-8-5-14-29-22)25-12-2-1-3-13-25/h5,8-10,14,16,21H,1-4,6-7,11-13,15,17H2,(H,24,26). The summed E-state index contributed by atoms with van der Waals surface area (Å²) in [6, 6.07) is 9.17. The Morgan fingerprint density at radius 1 is 1.07 bits per heavy atom. The lowest BCUT2D eigenvalue weighted by Crippen LogP contribution is -2.40. The predicted octanol–water partition coefficient (Wildman–Crippen LogP) is 3.28. The predicted molar refractivity (Wildman–Crippen MR) is 115 cm³/mol. The van der Waals surface area contributed by atoms with Gasteiger partial charge in [0.05, 0.1) is 23.0 Å². The molecular formula is C23H30N2O4S. The van der Waals surface area contributed by atoms with Crippen molar-refractivity contribution < 1.29 is 17.6 Å². The van der Waals surface area contributed by atoms with Gasteiger partial charge in [-0.25, -0.2) is 8.42 Å². The smallest absolute Gasteiger partial charge is 0.221 e. The maximum atomic E-state index is 12.7. The third kappa shape index (κ3) is 4.95. The summed E-state index contributed by atoms with van der Waals surface area (Å²) in [5.41, 5.74) is 2.37. The highest BCUT2D eigenvalue weighted by atomic mass is 32.2. The lowest BCUT2D eigenvalue weighted by Gasteiger charge is -2.33. The van der Waals surface area contributed by atoms with Gasteiger partial charge in [0.2, 0.25) is 5.91 Å². The molecule has 4 rings (SSSR count). The molecule has 1 atom stereocenters. The Hall–Kier alpha value is -2.12. The van der Waals surface area contributed by atoms with Crippen molar-refractivity contribution in [2.45, 2.75) is 55.9 Å². The molecule has 1 aromatic heterocycles. The van der Waals surface area contributed by atoms with E-state index < -0.39 is 9.84 Å². The van der Waals surface area contributed by atoms with E-state index >= 15 is 0 Å². The van der Waals surface area contributed by atoms with Crippen molar-refractivity contribution in [3.05, 3.63) is 53.5 Å². The van der Waals surface area contributed by atoms with Crippen LogP contribution in [0.5, 0.6) is 0 Å². The maximum absolute atomic E-state index is 12.7.